The number of Topliss-reactive ketones (excluding diaryl/α,β-unsaturated/α-hetero) is 2. The molecule has 2 atom stereocenters. The van der Waals surface area contributed by atoms with Crippen LogP contribution in [-0.4, -0.2) is 48.7 Å². The summed E-state index contributed by atoms with van der Waals surface area (Å²) >= 11 is 0. The predicted molar refractivity (Wildman–Crippen MR) is 116 cm³/mol. The normalized spacial score (nSPS) is 22.5. The van der Waals surface area contributed by atoms with Crippen molar-refractivity contribution in [3.05, 3.63) is 52.6 Å². The van der Waals surface area contributed by atoms with Gasteiger partial charge in [-0.3, -0.25) is 9.59 Å². The Balaban J connectivity index is 0.00000225. The van der Waals surface area contributed by atoms with Crippen LogP contribution in [-0.2, 0) is 4.79 Å². The first-order chi connectivity index (χ1) is 12.9. The van der Waals surface area contributed by atoms with Gasteiger partial charge in [0.05, 0.1) is 6.04 Å². The second kappa shape index (κ2) is 7.84. The van der Waals surface area contributed by atoms with Gasteiger partial charge >= 0.3 is 0 Å². The van der Waals surface area contributed by atoms with Gasteiger partial charge in [-0.15, -0.1) is 12.4 Å². The zero-order chi connectivity index (χ0) is 19.3. The van der Waals surface area contributed by atoms with Crippen LogP contribution in [0.1, 0.15) is 55.5 Å². The van der Waals surface area contributed by atoms with Crippen LogP contribution in [0.2, 0.25) is 0 Å². The van der Waals surface area contributed by atoms with E-state index in [1.54, 1.807) is 6.92 Å². The van der Waals surface area contributed by atoms with Gasteiger partial charge in [-0.1, -0.05) is 12.2 Å². The number of likely N-dealkylation sites (N-methyl/N-ethyl adjacent to an activating group) is 1. The molecule has 0 radical (unpaired) electrons. The number of carbonyl (C=O) groups excluding carboxylic acids is 2. The molecule has 1 heterocycles. The SMILES string of the molecule is CC(=O)c1ccc2c(c1)C1C3=C(C=CC1N2CCN(C)C(C)C)C(=O)CC3.Cl. The highest BCUT2D eigenvalue weighted by atomic mass is 35.5. The van der Waals surface area contributed by atoms with Gasteiger partial charge in [0, 0.05) is 48.3 Å². The monoisotopic (exact) mass is 400 g/mol. The number of rotatable bonds is 5. The summed E-state index contributed by atoms with van der Waals surface area (Å²) in [5, 5.41) is 0. The minimum atomic E-state index is 0. The quantitative estimate of drug-likeness (QED) is 0.696. The predicted octanol–water partition coefficient (Wildman–Crippen LogP) is 4.15. The summed E-state index contributed by atoms with van der Waals surface area (Å²) in [5.74, 6) is 0.562. The number of fused-ring (bicyclic) bond motifs is 4. The van der Waals surface area contributed by atoms with Crippen molar-refractivity contribution < 1.29 is 9.59 Å². The van der Waals surface area contributed by atoms with E-state index in [2.05, 4.69) is 48.9 Å². The van der Waals surface area contributed by atoms with Crippen molar-refractivity contribution in [3.8, 4) is 0 Å². The molecule has 0 saturated heterocycles. The number of halogens is 1. The van der Waals surface area contributed by atoms with Crippen molar-refractivity contribution in [2.24, 2.45) is 0 Å². The largest absolute Gasteiger partial charge is 0.363 e. The maximum absolute atomic E-state index is 12.3. The summed E-state index contributed by atoms with van der Waals surface area (Å²) in [6.45, 7) is 7.95. The molecule has 28 heavy (non-hydrogen) atoms. The van der Waals surface area contributed by atoms with E-state index in [4.69, 9.17) is 0 Å². The van der Waals surface area contributed by atoms with Crippen LogP contribution in [0.25, 0.3) is 0 Å². The molecule has 1 aromatic carbocycles. The molecule has 2 unspecified atom stereocenters. The molecule has 1 aliphatic heterocycles. The van der Waals surface area contributed by atoms with E-state index in [9.17, 15) is 9.59 Å². The minimum absolute atomic E-state index is 0. The lowest BCUT2D eigenvalue weighted by atomic mass is 9.81. The Morgan fingerprint density at radius 3 is 2.71 bits per heavy atom. The fraction of sp³-hybridized carbons (Fsp3) is 0.478. The van der Waals surface area contributed by atoms with E-state index >= 15 is 0 Å². The van der Waals surface area contributed by atoms with E-state index in [1.165, 1.54) is 16.8 Å². The number of carbonyl (C=O) groups is 2. The maximum Gasteiger partial charge on any atom is 0.163 e. The number of benzene rings is 1. The second-order valence-electron chi connectivity index (χ2n) is 8.29. The number of ketones is 2. The number of anilines is 1. The van der Waals surface area contributed by atoms with Crippen molar-refractivity contribution >= 4 is 29.7 Å². The van der Waals surface area contributed by atoms with Crippen molar-refractivity contribution in [3.63, 3.8) is 0 Å². The Morgan fingerprint density at radius 1 is 1.29 bits per heavy atom. The lowest BCUT2D eigenvalue weighted by molar-refractivity contribution is -0.114. The molecule has 150 valence electrons. The molecule has 0 aromatic heterocycles. The van der Waals surface area contributed by atoms with E-state index in [0.29, 0.717) is 12.5 Å². The molecule has 0 saturated carbocycles. The summed E-state index contributed by atoms with van der Waals surface area (Å²) in [6.07, 6.45) is 5.72. The first-order valence-electron chi connectivity index (χ1n) is 9.94. The summed E-state index contributed by atoms with van der Waals surface area (Å²) in [7, 11) is 2.16. The lowest BCUT2D eigenvalue weighted by Gasteiger charge is -2.33. The summed E-state index contributed by atoms with van der Waals surface area (Å²) in [6, 6.07) is 6.86. The molecule has 0 spiro atoms. The van der Waals surface area contributed by atoms with Gasteiger partial charge in [-0.05, 0) is 63.6 Å². The van der Waals surface area contributed by atoms with Gasteiger partial charge < -0.3 is 9.80 Å². The molecule has 3 aliphatic rings. The van der Waals surface area contributed by atoms with Crippen LogP contribution in [0.5, 0.6) is 0 Å². The third-order valence-electron chi connectivity index (χ3n) is 6.46. The fourth-order valence-electron chi connectivity index (χ4n) is 4.63. The second-order valence-corrected chi connectivity index (χ2v) is 8.29. The van der Waals surface area contributed by atoms with E-state index in [-0.39, 0.29) is 35.9 Å². The highest BCUT2D eigenvalue weighted by molar-refractivity contribution is 6.02. The smallest absolute Gasteiger partial charge is 0.163 e. The highest BCUT2D eigenvalue weighted by Gasteiger charge is 2.43. The Labute approximate surface area is 173 Å². The van der Waals surface area contributed by atoms with Crippen LogP contribution in [0, 0.1) is 0 Å². The zero-order valence-corrected chi connectivity index (χ0v) is 17.9. The van der Waals surface area contributed by atoms with Gasteiger partial charge in [0.2, 0.25) is 0 Å². The molecular weight excluding hydrogens is 372 g/mol. The molecule has 4 rings (SSSR count). The number of hydrogen-bond acceptors (Lipinski definition) is 4. The van der Waals surface area contributed by atoms with Crippen LogP contribution >= 0.6 is 12.4 Å². The molecule has 0 N–H and O–H groups in total. The van der Waals surface area contributed by atoms with Crippen molar-refractivity contribution in [2.45, 2.75) is 51.6 Å². The molecule has 0 fully saturated rings. The lowest BCUT2D eigenvalue weighted by Crippen LogP contribution is -2.41. The topological polar surface area (TPSA) is 40.6 Å². The van der Waals surface area contributed by atoms with Crippen LogP contribution in [0.3, 0.4) is 0 Å². The molecular formula is C23H29ClN2O2. The van der Waals surface area contributed by atoms with E-state index < -0.39 is 0 Å². The van der Waals surface area contributed by atoms with Crippen molar-refractivity contribution in [1.82, 2.24) is 4.90 Å². The average molecular weight is 401 g/mol. The Bertz CT molecular complexity index is 871. The van der Waals surface area contributed by atoms with Gasteiger partial charge in [-0.2, -0.15) is 0 Å². The van der Waals surface area contributed by atoms with Crippen molar-refractivity contribution in [2.75, 3.05) is 25.0 Å². The Morgan fingerprint density at radius 2 is 2.04 bits per heavy atom. The van der Waals surface area contributed by atoms with Gasteiger partial charge in [0.25, 0.3) is 0 Å². The first-order valence-corrected chi connectivity index (χ1v) is 9.94. The molecule has 1 aromatic rings. The molecule has 2 aliphatic carbocycles. The van der Waals surface area contributed by atoms with Crippen LogP contribution < -0.4 is 4.90 Å². The highest BCUT2D eigenvalue weighted by Crippen LogP contribution is 2.51. The number of nitrogens with zero attached hydrogens (tertiary/aromatic N) is 2. The Kier molecular flexibility index (Phi) is 5.83. The molecule has 0 bridgehead atoms. The van der Waals surface area contributed by atoms with E-state index in [1.807, 2.05) is 12.1 Å². The molecule has 4 nitrogen and oxygen atoms in total. The third-order valence-corrected chi connectivity index (χ3v) is 6.46. The first kappa shape index (κ1) is 20.8. The van der Waals surface area contributed by atoms with Gasteiger partial charge in [0.1, 0.15) is 0 Å². The van der Waals surface area contributed by atoms with Crippen LogP contribution in [0.15, 0.2) is 41.5 Å². The molecule has 5 heteroatoms. The fourth-order valence-corrected chi connectivity index (χ4v) is 4.63. The summed E-state index contributed by atoms with van der Waals surface area (Å²) < 4.78 is 0. The molecule has 0 amide bonds. The zero-order valence-electron chi connectivity index (χ0n) is 17.1. The summed E-state index contributed by atoms with van der Waals surface area (Å²) in [5.41, 5.74) is 5.37. The standard InChI is InChI=1S/C23H28N2O2.ClH/c1-14(2)24(4)11-12-25-20-8-5-16(15(3)26)13-19(20)23-18-7-10-22(27)17(18)6-9-21(23)25;/h5-6,8-9,13-14,21,23H,7,10-12H2,1-4H3;1H. The number of allylic oxidation sites excluding steroid dienone is 2. The summed E-state index contributed by atoms with van der Waals surface area (Å²) in [4.78, 5) is 29.0. The van der Waals surface area contributed by atoms with E-state index in [0.717, 1.165) is 30.6 Å². The third kappa shape index (κ3) is 3.33. The Hall–Kier alpha value is -1.91. The minimum Gasteiger partial charge on any atom is -0.363 e. The van der Waals surface area contributed by atoms with Crippen LogP contribution in [0.4, 0.5) is 5.69 Å². The maximum atomic E-state index is 12.3. The average Bonchev–Trinajstić information content (AvgIpc) is 3.17. The van der Waals surface area contributed by atoms with Crippen molar-refractivity contribution in [1.29, 1.82) is 0 Å². The number of hydrogen-bond donors (Lipinski definition) is 0. The van der Waals surface area contributed by atoms with Gasteiger partial charge in [-0.25, -0.2) is 0 Å². The van der Waals surface area contributed by atoms with Gasteiger partial charge in [0.15, 0.2) is 11.6 Å².